The lowest BCUT2D eigenvalue weighted by Gasteiger charge is -2.18. The summed E-state index contributed by atoms with van der Waals surface area (Å²) in [5, 5.41) is 9.37. The lowest BCUT2D eigenvalue weighted by atomic mass is 10.4. The summed E-state index contributed by atoms with van der Waals surface area (Å²) in [6, 6.07) is 0. The minimum Gasteiger partial charge on any atom is -0.396 e. The quantitative estimate of drug-likeness (QED) is 0.512. The molecule has 0 aliphatic carbocycles. The molecule has 1 rings (SSSR count). The Balaban J connectivity index is 3.18. The monoisotopic (exact) mass is 358 g/mol. The fourth-order valence-electron chi connectivity index (χ4n) is 1.94. The number of aliphatic hydroxyl groups excluding tert-OH is 1. The van der Waals surface area contributed by atoms with E-state index in [-0.39, 0.29) is 38.1 Å². The molecule has 0 saturated carbocycles. The van der Waals surface area contributed by atoms with Crippen molar-refractivity contribution in [2.24, 2.45) is 0 Å². The molecular weight excluding hydrogens is 335 g/mol. The summed E-state index contributed by atoms with van der Waals surface area (Å²) in [5.74, 6) is 0. The van der Waals surface area contributed by atoms with Crippen LogP contribution >= 0.6 is 7.60 Å². The van der Waals surface area contributed by atoms with Crippen molar-refractivity contribution in [3.8, 4) is 0 Å². The lowest BCUT2D eigenvalue weighted by molar-refractivity contribution is 0.222. The zero-order valence-electron chi connectivity index (χ0n) is 14.1. The van der Waals surface area contributed by atoms with E-state index in [9.17, 15) is 14.2 Å². The van der Waals surface area contributed by atoms with E-state index >= 15 is 0 Å². The molecule has 0 aromatic carbocycles. The largest absolute Gasteiger partial charge is 0.396 e. The van der Waals surface area contributed by atoms with Crippen molar-refractivity contribution in [3.05, 3.63) is 49.7 Å². The molecule has 24 heavy (non-hydrogen) atoms. The van der Waals surface area contributed by atoms with Gasteiger partial charge in [-0.1, -0.05) is 0 Å². The second-order valence-corrected chi connectivity index (χ2v) is 6.88. The molecule has 0 amide bonds. The predicted molar refractivity (Wildman–Crippen MR) is 90.2 cm³/mol. The van der Waals surface area contributed by atoms with Crippen molar-refractivity contribution in [1.82, 2.24) is 9.55 Å². The Morgan fingerprint density at radius 3 is 2.54 bits per heavy atom. The number of hydrogen-bond donors (Lipinski definition) is 2. The van der Waals surface area contributed by atoms with Gasteiger partial charge in [0, 0.05) is 24.8 Å². The maximum absolute atomic E-state index is 12.7. The maximum atomic E-state index is 12.7. The molecular formula is C15H23N2O6P. The van der Waals surface area contributed by atoms with Crippen LogP contribution in [0.15, 0.2) is 32.9 Å². The number of aryl methyl sites for hydroxylation is 1. The van der Waals surface area contributed by atoms with Crippen molar-refractivity contribution in [1.29, 1.82) is 0 Å². The molecule has 134 valence electrons. The predicted octanol–water partition coefficient (Wildman–Crippen LogP) is 1.53. The van der Waals surface area contributed by atoms with Crippen molar-refractivity contribution in [3.63, 3.8) is 0 Å². The van der Waals surface area contributed by atoms with E-state index < -0.39 is 18.8 Å². The SMILES string of the molecule is CCOP(=O)(OCC)C(=C=CCn1cc(C)c(=O)[nH]c1=O)CCO. The molecule has 0 fully saturated rings. The van der Waals surface area contributed by atoms with Gasteiger partial charge in [0.1, 0.15) is 0 Å². The molecule has 0 bridgehead atoms. The van der Waals surface area contributed by atoms with Gasteiger partial charge in [0.15, 0.2) is 0 Å². The lowest BCUT2D eigenvalue weighted by Crippen LogP contribution is -2.30. The topological polar surface area (TPSA) is 111 Å². The van der Waals surface area contributed by atoms with Gasteiger partial charge in [0.25, 0.3) is 5.56 Å². The fraction of sp³-hybridized carbons (Fsp3) is 0.533. The van der Waals surface area contributed by atoms with Crippen LogP contribution in [0.25, 0.3) is 0 Å². The molecule has 2 N–H and O–H groups in total. The highest BCUT2D eigenvalue weighted by atomic mass is 31.2. The number of aliphatic hydroxyl groups is 1. The van der Waals surface area contributed by atoms with E-state index in [0.29, 0.717) is 5.56 Å². The molecule has 0 spiro atoms. The van der Waals surface area contributed by atoms with Gasteiger partial charge in [0.05, 0.1) is 25.1 Å². The molecule has 8 nitrogen and oxygen atoms in total. The van der Waals surface area contributed by atoms with Crippen LogP contribution in [0.3, 0.4) is 0 Å². The van der Waals surface area contributed by atoms with Crippen LogP contribution in [0.1, 0.15) is 25.8 Å². The standard InChI is InChI=1S/C15H23N2O6P/c1-4-22-24(21,23-5-2)13(8-10-18)7-6-9-17-11-12(3)14(19)16-15(17)20/h6,11,18H,4-5,8-10H2,1-3H3,(H,16,19,20). The molecule has 1 aromatic heterocycles. The smallest absolute Gasteiger partial charge is 0.365 e. The number of H-pyrrole nitrogens is 1. The highest BCUT2D eigenvalue weighted by Crippen LogP contribution is 2.56. The third-order valence-corrected chi connectivity index (χ3v) is 5.23. The van der Waals surface area contributed by atoms with E-state index in [2.05, 4.69) is 10.7 Å². The number of rotatable bonds is 9. The van der Waals surface area contributed by atoms with E-state index in [4.69, 9.17) is 14.2 Å². The molecule has 0 saturated heterocycles. The van der Waals surface area contributed by atoms with Gasteiger partial charge in [-0.3, -0.25) is 18.9 Å². The van der Waals surface area contributed by atoms with Crippen molar-refractivity contribution >= 4 is 7.60 Å². The molecule has 0 aliphatic rings. The average molecular weight is 358 g/mol. The second-order valence-electron chi connectivity index (χ2n) is 4.83. The maximum Gasteiger partial charge on any atom is 0.365 e. The second kappa shape index (κ2) is 9.57. The van der Waals surface area contributed by atoms with Gasteiger partial charge in [-0.15, -0.1) is 5.73 Å². The van der Waals surface area contributed by atoms with Crippen LogP contribution < -0.4 is 11.2 Å². The Hall–Kier alpha value is -1.69. The normalized spacial score (nSPS) is 11.2. The summed E-state index contributed by atoms with van der Waals surface area (Å²) in [6.45, 7) is 5.22. The van der Waals surface area contributed by atoms with Crippen molar-refractivity contribution < 1.29 is 18.7 Å². The first-order valence-electron chi connectivity index (χ1n) is 7.62. The molecule has 0 aliphatic heterocycles. The first-order chi connectivity index (χ1) is 11.4. The van der Waals surface area contributed by atoms with Gasteiger partial charge in [-0.2, -0.15) is 0 Å². The van der Waals surface area contributed by atoms with Crippen LogP contribution in [0.2, 0.25) is 0 Å². The Bertz CT molecular complexity index is 763. The van der Waals surface area contributed by atoms with Gasteiger partial charge in [0.2, 0.25) is 0 Å². The summed E-state index contributed by atoms with van der Waals surface area (Å²) in [5.41, 5.74) is 2.22. The summed E-state index contributed by atoms with van der Waals surface area (Å²) >= 11 is 0. The van der Waals surface area contributed by atoms with Crippen LogP contribution in [-0.2, 0) is 20.2 Å². The van der Waals surface area contributed by atoms with E-state index in [0.717, 1.165) is 0 Å². The van der Waals surface area contributed by atoms with Gasteiger partial charge in [-0.25, -0.2) is 4.79 Å². The van der Waals surface area contributed by atoms with Crippen LogP contribution in [0, 0.1) is 6.92 Å². The first-order valence-corrected chi connectivity index (χ1v) is 9.17. The third-order valence-electron chi connectivity index (χ3n) is 3.02. The van der Waals surface area contributed by atoms with Crippen LogP contribution in [0.4, 0.5) is 0 Å². The van der Waals surface area contributed by atoms with Crippen LogP contribution in [-0.4, -0.2) is 34.5 Å². The van der Waals surface area contributed by atoms with E-state index in [1.165, 1.54) is 16.8 Å². The number of nitrogens with one attached hydrogen (secondary N) is 1. The minimum atomic E-state index is -3.53. The van der Waals surface area contributed by atoms with Crippen molar-refractivity contribution in [2.45, 2.75) is 33.7 Å². The van der Waals surface area contributed by atoms with Crippen molar-refractivity contribution in [2.75, 3.05) is 19.8 Å². The summed E-state index contributed by atoms with van der Waals surface area (Å²) in [7, 11) is -3.53. The van der Waals surface area contributed by atoms with Gasteiger partial charge >= 0.3 is 13.3 Å². The molecule has 0 atom stereocenters. The zero-order valence-corrected chi connectivity index (χ0v) is 15.0. The molecule has 0 radical (unpaired) electrons. The van der Waals surface area contributed by atoms with Crippen LogP contribution in [0.5, 0.6) is 0 Å². The Morgan fingerprint density at radius 2 is 2.00 bits per heavy atom. The van der Waals surface area contributed by atoms with Gasteiger partial charge in [-0.05, 0) is 26.8 Å². The van der Waals surface area contributed by atoms with E-state index in [1.54, 1.807) is 20.8 Å². The number of aromatic nitrogens is 2. The summed E-state index contributed by atoms with van der Waals surface area (Å²) < 4.78 is 24.5. The fourth-order valence-corrected chi connectivity index (χ4v) is 3.63. The Kier molecular flexibility index (Phi) is 8.11. The molecule has 1 aromatic rings. The third kappa shape index (κ3) is 5.44. The minimum absolute atomic E-state index is 0.0767. The molecule has 9 heteroatoms. The zero-order chi connectivity index (χ0) is 18.2. The number of nitrogens with zero attached hydrogens (tertiary/aromatic N) is 1. The number of aromatic amines is 1. The summed E-state index contributed by atoms with van der Waals surface area (Å²) in [6.07, 6.45) is 2.98. The first kappa shape index (κ1) is 20.4. The molecule has 0 unspecified atom stereocenters. The highest BCUT2D eigenvalue weighted by Gasteiger charge is 2.28. The average Bonchev–Trinajstić information content (AvgIpc) is 2.51. The number of hydrogen-bond acceptors (Lipinski definition) is 6. The summed E-state index contributed by atoms with van der Waals surface area (Å²) in [4.78, 5) is 25.2. The van der Waals surface area contributed by atoms with Gasteiger partial charge < -0.3 is 14.2 Å². The Labute approximate surface area is 140 Å². The Morgan fingerprint density at radius 1 is 1.38 bits per heavy atom. The highest BCUT2D eigenvalue weighted by molar-refractivity contribution is 7.58. The molecule has 1 heterocycles. The van der Waals surface area contributed by atoms with E-state index in [1.807, 2.05) is 0 Å².